The Bertz CT molecular complexity index is 978. The first kappa shape index (κ1) is 20.3. The van der Waals surface area contributed by atoms with Crippen LogP contribution in [0.1, 0.15) is 16.0 Å². The van der Waals surface area contributed by atoms with Crippen LogP contribution in [0.15, 0.2) is 47.2 Å². The maximum absolute atomic E-state index is 12.7. The summed E-state index contributed by atoms with van der Waals surface area (Å²) in [6.07, 6.45) is 2.61. The zero-order valence-corrected chi connectivity index (χ0v) is 17.9. The summed E-state index contributed by atoms with van der Waals surface area (Å²) in [5.74, 6) is 0.0838. The summed E-state index contributed by atoms with van der Waals surface area (Å²) in [6.45, 7) is 3.67. The molecule has 6 nitrogen and oxygen atoms in total. The molecule has 0 unspecified atom stereocenters. The Balaban J connectivity index is 1.28. The van der Waals surface area contributed by atoms with Crippen LogP contribution in [0.2, 0.25) is 0 Å². The van der Waals surface area contributed by atoms with E-state index in [0.717, 1.165) is 25.1 Å². The van der Waals surface area contributed by atoms with Crippen molar-refractivity contribution < 1.29 is 13.2 Å². The summed E-state index contributed by atoms with van der Waals surface area (Å²) in [4.78, 5) is 18.1. The third-order valence-electron chi connectivity index (χ3n) is 5.43. The Hall–Kier alpha value is -2.00. The molecule has 4 rings (SSSR count). The Kier molecular flexibility index (Phi) is 6.15. The first-order valence-corrected chi connectivity index (χ1v) is 12.2. The maximum Gasteiger partial charge on any atom is 0.236 e. The lowest BCUT2D eigenvalue weighted by Crippen LogP contribution is -2.52. The quantitative estimate of drug-likeness (QED) is 0.729. The Labute approximate surface area is 176 Å². The molecule has 2 aliphatic heterocycles. The van der Waals surface area contributed by atoms with Crippen molar-refractivity contribution in [3.8, 4) is 0 Å². The van der Waals surface area contributed by atoms with E-state index in [4.69, 9.17) is 0 Å². The van der Waals surface area contributed by atoms with Crippen LogP contribution in [-0.2, 0) is 27.8 Å². The van der Waals surface area contributed by atoms with E-state index in [9.17, 15) is 13.2 Å². The fourth-order valence-electron chi connectivity index (χ4n) is 3.74. The van der Waals surface area contributed by atoms with Gasteiger partial charge in [0, 0.05) is 49.6 Å². The highest BCUT2D eigenvalue weighted by Gasteiger charge is 2.28. The molecule has 0 bridgehead atoms. The highest BCUT2D eigenvalue weighted by atomic mass is 32.2. The van der Waals surface area contributed by atoms with Crippen molar-refractivity contribution in [1.29, 1.82) is 0 Å². The number of hydrogen-bond donors (Lipinski definition) is 0. The molecule has 2 aromatic rings. The largest absolute Gasteiger partial charge is 0.339 e. The molecule has 0 radical (unpaired) electrons. The van der Waals surface area contributed by atoms with Crippen molar-refractivity contribution in [3.63, 3.8) is 0 Å². The summed E-state index contributed by atoms with van der Waals surface area (Å²) < 4.78 is 26.6. The minimum absolute atomic E-state index is 0.0838. The molecule has 3 heterocycles. The average Bonchev–Trinajstić information content (AvgIpc) is 3.21. The molecule has 154 valence electrons. The molecule has 0 N–H and O–H groups in total. The summed E-state index contributed by atoms with van der Waals surface area (Å²) in [5.41, 5.74) is 2.18. The molecule has 1 saturated heterocycles. The number of nitrogens with zero attached hydrogens (tertiary/aromatic N) is 3. The van der Waals surface area contributed by atoms with Gasteiger partial charge in [-0.1, -0.05) is 30.3 Å². The van der Waals surface area contributed by atoms with Gasteiger partial charge in [-0.15, -0.1) is 11.3 Å². The first-order valence-electron chi connectivity index (χ1n) is 9.80. The van der Waals surface area contributed by atoms with Gasteiger partial charge >= 0.3 is 0 Å². The number of hydrogen-bond acceptors (Lipinski definition) is 5. The van der Waals surface area contributed by atoms with Gasteiger partial charge in [-0.05, 0) is 35.1 Å². The molecule has 2 aliphatic rings. The van der Waals surface area contributed by atoms with Crippen LogP contribution >= 0.6 is 11.3 Å². The number of thiophene rings is 1. The van der Waals surface area contributed by atoms with E-state index in [-0.39, 0.29) is 5.91 Å². The Morgan fingerprint density at radius 2 is 1.79 bits per heavy atom. The van der Waals surface area contributed by atoms with Crippen LogP contribution in [0, 0.1) is 0 Å². The summed E-state index contributed by atoms with van der Waals surface area (Å²) >= 11 is 1.79. The molecule has 1 aromatic carbocycles. The highest BCUT2D eigenvalue weighted by molar-refractivity contribution is 7.92. The normalized spacial score (nSPS) is 18.8. The molecular formula is C21H25N3O3S2. The van der Waals surface area contributed by atoms with Crippen LogP contribution in [0.5, 0.6) is 0 Å². The second-order valence-electron chi connectivity index (χ2n) is 7.37. The third kappa shape index (κ3) is 4.95. The zero-order chi connectivity index (χ0) is 20.3. The van der Waals surface area contributed by atoms with E-state index in [2.05, 4.69) is 16.3 Å². The van der Waals surface area contributed by atoms with Gasteiger partial charge in [0.1, 0.15) is 0 Å². The second-order valence-corrected chi connectivity index (χ2v) is 10.2. The standard InChI is InChI=1S/C21H25N3O3S2/c25-21(17-22-9-6-20-19(16-22)7-14-28-20)23-10-12-24(13-11-23)29(26,27)15-8-18-4-2-1-3-5-18/h1-5,7-8,14-15H,6,9-13,16-17H2/b15-8+. The number of carbonyl (C=O) groups excluding carboxylic acids is 1. The molecule has 8 heteroatoms. The van der Waals surface area contributed by atoms with Crippen molar-refractivity contribution >= 4 is 33.3 Å². The summed E-state index contributed by atoms with van der Waals surface area (Å²) in [7, 11) is -3.48. The fraction of sp³-hybridized carbons (Fsp3) is 0.381. The lowest BCUT2D eigenvalue weighted by Gasteiger charge is -2.35. The average molecular weight is 432 g/mol. The second kappa shape index (κ2) is 8.79. The minimum Gasteiger partial charge on any atom is -0.339 e. The van der Waals surface area contributed by atoms with E-state index in [1.807, 2.05) is 30.3 Å². The Morgan fingerprint density at radius 3 is 2.55 bits per heavy atom. The number of piperazine rings is 1. The Morgan fingerprint density at radius 1 is 1.03 bits per heavy atom. The maximum atomic E-state index is 12.7. The van der Waals surface area contributed by atoms with E-state index in [1.165, 1.54) is 20.2 Å². The van der Waals surface area contributed by atoms with Crippen LogP contribution < -0.4 is 0 Å². The smallest absolute Gasteiger partial charge is 0.236 e. The van der Waals surface area contributed by atoms with Gasteiger partial charge in [-0.2, -0.15) is 4.31 Å². The molecule has 1 amide bonds. The first-order chi connectivity index (χ1) is 14.0. The molecule has 1 aromatic heterocycles. The van der Waals surface area contributed by atoms with Gasteiger partial charge < -0.3 is 4.90 Å². The van der Waals surface area contributed by atoms with Crippen molar-refractivity contribution in [1.82, 2.24) is 14.1 Å². The predicted octanol–water partition coefficient (Wildman–Crippen LogP) is 2.25. The van der Waals surface area contributed by atoms with E-state index in [0.29, 0.717) is 32.7 Å². The van der Waals surface area contributed by atoms with Gasteiger partial charge in [0.05, 0.1) is 6.54 Å². The minimum atomic E-state index is -3.48. The molecule has 1 fully saturated rings. The highest BCUT2D eigenvalue weighted by Crippen LogP contribution is 2.24. The third-order valence-corrected chi connectivity index (χ3v) is 8.02. The van der Waals surface area contributed by atoms with Crippen molar-refractivity contribution in [2.24, 2.45) is 0 Å². The number of amides is 1. The van der Waals surface area contributed by atoms with Gasteiger partial charge in [0.15, 0.2) is 0 Å². The number of rotatable bonds is 5. The SMILES string of the molecule is O=C(CN1CCc2sccc2C1)N1CCN(S(=O)(=O)/C=C/c2ccccc2)CC1. The van der Waals surface area contributed by atoms with Crippen LogP contribution in [-0.4, -0.2) is 67.7 Å². The van der Waals surface area contributed by atoms with Crippen molar-refractivity contribution in [3.05, 3.63) is 63.2 Å². The van der Waals surface area contributed by atoms with E-state index in [1.54, 1.807) is 22.3 Å². The van der Waals surface area contributed by atoms with Crippen LogP contribution in [0.25, 0.3) is 6.08 Å². The number of carbonyl (C=O) groups is 1. The van der Waals surface area contributed by atoms with Gasteiger partial charge in [-0.3, -0.25) is 9.69 Å². The predicted molar refractivity (Wildman–Crippen MR) is 116 cm³/mol. The monoisotopic (exact) mass is 431 g/mol. The van der Waals surface area contributed by atoms with Gasteiger partial charge in [-0.25, -0.2) is 8.42 Å². The number of sulfonamides is 1. The van der Waals surface area contributed by atoms with Crippen LogP contribution in [0.3, 0.4) is 0 Å². The topological polar surface area (TPSA) is 60.9 Å². The van der Waals surface area contributed by atoms with Crippen molar-refractivity contribution in [2.45, 2.75) is 13.0 Å². The number of benzene rings is 1. The van der Waals surface area contributed by atoms with Crippen molar-refractivity contribution in [2.75, 3.05) is 39.3 Å². The lowest BCUT2D eigenvalue weighted by atomic mass is 10.1. The van der Waals surface area contributed by atoms with Crippen LogP contribution in [0.4, 0.5) is 0 Å². The lowest BCUT2D eigenvalue weighted by molar-refractivity contribution is -0.133. The van der Waals surface area contributed by atoms with E-state index < -0.39 is 10.0 Å². The molecule has 0 atom stereocenters. The number of fused-ring (bicyclic) bond motifs is 1. The summed E-state index contributed by atoms with van der Waals surface area (Å²) in [5, 5.41) is 3.37. The molecule has 0 aliphatic carbocycles. The zero-order valence-electron chi connectivity index (χ0n) is 16.2. The molecule has 29 heavy (non-hydrogen) atoms. The van der Waals surface area contributed by atoms with Gasteiger partial charge in [0.25, 0.3) is 0 Å². The molecule has 0 spiro atoms. The molecule has 0 saturated carbocycles. The van der Waals surface area contributed by atoms with E-state index >= 15 is 0 Å². The molecular weight excluding hydrogens is 406 g/mol. The summed E-state index contributed by atoms with van der Waals surface area (Å²) in [6, 6.07) is 11.5. The fourth-order valence-corrected chi connectivity index (χ4v) is 5.80. The van der Waals surface area contributed by atoms with Gasteiger partial charge in [0.2, 0.25) is 15.9 Å².